The molecule has 15 heavy (non-hydrogen) atoms. The van der Waals surface area contributed by atoms with Crippen LogP contribution in [0.3, 0.4) is 0 Å². The van der Waals surface area contributed by atoms with Crippen LogP contribution < -0.4 is 5.32 Å². The first-order valence-corrected chi connectivity index (χ1v) is 6.01. The lowest BCUT2D eigenvalue weighted by atomic mass is 10.2. The fourth-order valence-electron chi connectivity index (χ4n) is 2.13. The minimum Gasteiger partial charge on any atom is -0.335 e. The van der Waals surface area contributed by atoms with E-state index in [2.05, 4.69) is 34.9 Å². The Bertz CT molecular complexity index is 298. The summed E-state index contributed by atoms with van der Waals surface area (Å²) in [6.45, 7) is 5.27. The first kappa shape index (κ1) is 10.7. The van der Waals surface area contributed by atoms with Crippen molar-refractivity contribution in [2.24, 2.45) is 0 Å². The van der Waals surface area contributed by atoms with Gasteiger partial charge in [-0.1, -0.05) is 12.8 Å². The van der Waals surface area contributed by atoms with Gasteiger partial charge in [0.15, 0.2) is 0 Å². The van der Waals surface area contributed by atoms with Crippen molar-refractivity contribution in [2.45, 2.75) is 58.2 Å². The molecule has 1 aromatic rings. The lowest BCUT2D eigenvalue weighted by molar-refractivity contribution is 0.519. The van der Waals surface area contributed by atoms with Crippen molar-refractivity contribution >= 4 is 0 Å². The third-order valence-corrected chi connectivity index (χ3v) is 3.18. The zero-order chi connectivity index (χ0) is 10.7. The van der Waals surface area contributed by atoms with E-state index in [0.717, 1.165) is 18.3 Å². The predicted octanol–water partition coefficient (Wildman–Crippen LogP) is 2.50. The van der Waals surface area contributed by atoms with E-state index in [0.29, 0.717) is 6.04 Å². The summed E-state index contributed by atoms with van der Waals surface area (Å²) in [5, 5.41) is 3.57. The summed E-state index contributed by atoms with van der Waals surface area (Å²) in [5.41, 5.74) is 1.16. The summed E-state index contributed by atoms with van der Waals surface area (Å²) >= 11 is 0. The average Bonchev–Trinajstić information content (AvgIpc) is 2.86. The second-order valence-electron chi connectivity index (χ2n) is 4.77. The molecule has 3 heteroatoms. The molecule has 0 radical (unpaired) electrons. The number of hydrogen-bond acceptors (Lipinski definition) is 2. The second kappa shape index (κ2) is 4.79. The molecule has 1 saturated carbocycles. The summed E-state index contributed by atoms with van der Waals surface area (Å²) in [6.07, 6.45) is 9.52. The van der Waals surface area contributed by atoms with Gasteiger partial charge in [0.2, 0.25) is 0 Å². The van der Waals surface area contributed by atoms with Crippen LogP contribution in [0.15, 0.2) is 12.5 Å². The molecule has 3 nitrogen and oxygen atoms in total. The van der Waals surface area contributed by atoms with E-state index in [-0.39, 0.29) is 0 Å². The Morgan fingerprint density at radius 1 is 1.47 bits per heavy atom. The minimum absolute atomic E-state index is 0.512. The van der Waals surface area contributed by atoms with Gasteiger partial charge in [0.25, 0.3) is 0 Å². The molecule has 1 fully saturated rings. The Kier molecular flexibility index (Phi) is 3.41. The van der Waals surface area contributed by atoms with Crippen molar-refractivity contribution in [3.05, 3.63) is 18.2 Å². The molecule has 0 bridgehead atoms. The maximum atomic E-state index is 4.40. The summed E-state index contributed by atoms with van der Waals surface area (Å²) in [4.78, 5) is 4.40. The number of nitrogens with zero attached hydrogens (tertiary/aromatic N) is 2. The monoisotopic (exact) mass is 207 g/mol. The van der Waals surface area contributed by atoms with Crippen LogP contribution >= 0.6 is 0 Å². The van der Waals surface area contributed by atoms with E-state index in [9.17, 15) is 0 Å². The van der Waals surface area contributed by atoms with Crippen LogP contribution in [0.4, 0.5) is 0 Å². The van der Waals surface area contributed by atoms with Gasteiger partial charge in [-0.2, -0.15) is 0 Å². The SMILES string of the molecule is CC(C)n1cnc(CNC2CCCC2)c1. The van der Waals surface area contributed by atoms with Gasteiger partial charge in [0.1, 0.15) is 0 Å². The van der Waals surface area contributed by atoms with Crippen LogP contribution in [0, 0.1) is 0 Å². The average molecular weight is 207 g/mol. The van der Waals surface area contributed by atoms with Crippen molar-refractivity contribution in [3.8, 4) is 0 Å². The Morgan fingerprint density at radius 2 is 2.20 bits per heavy atom. The fraction of sp³-hybridized carbons (Fsp3) is 0.750. The standard InChI is InChI=1S/C12H21N3/c1-10(2)15-8-12(14-9-15)7-13-11-5-3-4-6-11/h8-11,13H,3-7H2,1-2H3. The van der Waals surface area contributed by atoms with Crippen LogP contribution in [0.25, 0.3) is 0 Å². The lowest BCUT2D eigenvalue weighted by Crippen LogP contribution is -2.25. The maximum absolute atomic E-state index is 4.40. The Labute approximate surface area is 91.9 Å². The highest BCUT2D eigenvalue weighted by atomic mass is 15.1. The number of imidazole rings is 1. The van der Waals surface area contributed by atoms with E-state index < -0.39 is 0 Å². The maximum Gasteiger partial charge on any atom is 0.0952 e. The molecule has 84 valence electrons. The molecule has 1 heterocycles. The van der Waals surface area contributed by atoms with E-state index >= 15 is 0 Å². The zero-order valence-electron chi connectivity index (χ0n) is 9.74. The quantitative estimate of drug-likeness (QED) is 0.822. The van der Waals surface area contributed by atoms with E-state index in [4.69, 9.17) is 0 Å². The van der Waals surface area contributed by atoms with E-state index in [1.54, 1.807) is 0 Å². The Hall–Kier alpha value is -0.830. The number of aromatic nitrogens is 2. The summed E-state index contributed by atoms with van der Waals surface area (Å²) in [5.74, 6) is 0. The molecule has 0 saturated heterocycles. The first-order valence-electron chi connectivity index (χ1n) is 6.01. The molecule has 1 aromatic heterocycles. The van der Waals surface area contributed by atoms with Gasteiger partial charge >= 0.3 is 0 Å². The molecule has 0 atom stereocenters. The van der Waals surface area contributed by atoms with Crippen LogP contribution in [-0.2, 0) is 6.54 Å². The van der Waals surface area contributed by atoms with Gasteiger partial charge in [-0.05, 0) is 26.7 Å². The van der Waals surface area contributed by atoms with Gasteiger partial charge in [-0.25, -0.2) is 4.98 Å². The number of rotatable bonds is 4. The van der Waals surface area contributed by atoms with Crippen molar-refractivity contribution in [2.75, 3.05) is 0 Å². The Balaban J connectivity index is 1.82. The molecular formula is C12H21N3. The highest BCUT2D eigenvalue weighted by Crippen LogP contribution is 2.18. The Morgan fingerprint density at radius 3 is 2.80 bits per heavy atom. The van der Waals surface area contributed by atoms with Crippen molar-refractivity contribution < 1.29 is 0 Å². The summed E-state index contributed by atoms with van der Waals surface area (Å²) in [6, 6.07) is 1.24. The van der Waals surface area contributed by atoms with E-state index in [1.165, 1.54) is 25.7 Å². The molecule has 1 aliphatic rings. The normalized spacial score (nSPS) is 17.8. The molecule has 2 rings (SSSR count). The van der Waals surface area contributed by atoms with Crippen molar-refractivity contribution in [3.63, 3.8) is 0 Å². The number of nitrogens with one attached hydrogen (secondary N) is 1. The van der Waals surface area contributed by atoms with Crippen LogP contribution in [0.1, 0.15) is 51.3 Å². The van der Waals surface area contributed by atoms with Gasteiger partial charge < -0.3 is 9.88 Å². The van der Waals surface area contributed by atoms with Crippen molar-refractivity contribution in [1.82, 2.24) is 14.9 Å². The van der Waals surface area contributed by atoms with Crippen molar-refractivity contribution in [1.29, 1.82) is 0 Å². The minimum atomic E-state index is 0.512. The highest BCUT2D eigenvalue weighted by molar-refractivity contribution is 4.97. The van der Waals surface area contributed by atoms with Gasteiger partial charge in [-0.15, -0.1) is 0 Å². The third-order valence-electron chi connectivity index (χ3n) is 3.18. The largest absolute Gasteiger partial charge is 0.335 e. The molecule has 1 aliphatic carbocycles. The third kappa shape index (κ3) is 2.81. The fourth-order valence-corrected chi connectivity index (χ4v) is 2.13. The molecule has 1 N–H and O–H groups in total. The second-order valence-corrected chi connectivity index (χ2v) is 4.77. The molecule has 0 amide bonds. The zero-order valence-corrected chi connectivity index (χ0v) is 9.74. The molecule has 0 spiro atoms. The van der Waals surface area contributed by atoms with Crippen LogP contribution in [-0.4, -0.2) is 15.6 Å². The lowest BCUT2D eigenvalue weighted by Gasteiger charge is -2.09. The molecule has 0 aromatic carbocycles. The smallest absolute Gasteiger partial charge is 0.0952 e. The van der Waals surface area contributed by atoms with E-state index in [1.807, 2.05) is 6.33 Å². The highest BCUT2D eigenvalue weighted by Gasteiger charge is 2.14. The van der Waals surface area contributed by atoms with Gasteiger partial charge in [-0.3, -0.25) is 0 Å². The van der Waals surface area contributed by atoms with Crippen LogP contribution in [0.5, 0.6) is 0 Å². The predicted molar refractivity (Wildman–Crippen MR) is 61.7 cm³/mol. The summed E-state index contributed by atoms with van der Waals surface area (Å²) < 4.78 is 2.16. The summed E-state index contributed by atoms with van der Waals surface area (Å²) in [7, 11) is 0. The van der Waals surface area contributed by atoms with Gasteiger partial charge in [0.05, 0.1) is 12.0 Å². The number of hydrogen-bond donors (Lipinski definition) is 1. The first-order chi connectivity index (χ1) is 7.25. The topological polar surface area (TPSA) is 29.9 Å². The van der Waals surface area contributed by atoms with Crippen LogP contribution in [0.2, 0.25) is 0 Å². The molecule has 0 aliphatic heterocycles. The van der Waals surface area contributed by atoms with Gasteiger partial charge in [0, 0.05) is 24.8 Å². The molecule has 0 unspecified atom stereocenters. The molecular weight excluding hydrogens is 186 g/mol.